The highest BCUT2D eigenvalue weighted by Crippen LogP contribution is 2.20. The van der Waals surface area contributed by atoms with Gasteiger partial charge in [0, 0.05) is 19.3 Å². The Bertz CT molecular complexity index is 683. The van der Waals surface area contributed by atoms with Gasteiger partial charge in [-0.3, -0.25) is 14.4 Å². The molecule has 0 heterocycles. The van der Waals surface area contributed by atoms with Crippen molar-refractivity contribution in [1.82, 2.24) is 0 Å². The first kappa shape index (κ1) is 43.1. The van der Waals surface area contributed by atoms with E-state index in [2.05, 4.69) is 19.1 Å². The molecule has 0 rings (SSSR count). The summed E-state index contributed by atoms with van der Waals surface area (Å²) >= 11 is 0. The monoisotopic (exact) mass is 639 g/mol. The number of carbonyl (C=O) groups is 3. The predicted molar refractivity (Wildman–Crippen MR) is 187 cm³/mol. The molecule has 0 amide bonds. The molecule has 0 aliphatic carbocycles. The van der Waals surface area contributed by atoms with Gasteiger partial charge < -0.3 is 19.8 Å². The molecule has 0 atom stereocenters. The zero-order valence-corrected chi connectivity index (χ0v) is 29.3. The number of unbranched alkanes of at least 4 members (excludes halogenated alkanes) is 20. The van der Waals surface area contributed by atoms with Gasteiger partial charge >= 0.3 is 17.9 Å². The summed E-state index contributed by atoms with van der Waals surface area (Å²) in [6, 6.07) is 0. The summed E-state index contributed by atoms with van der Waals surface area (Å²) in [5, 5.41) is 27.2. The summed E-state index contributed by atoms with van der Waals surface area (Å²) in [6.07, 6.45) is 34.7. The summed E-state index contributed by atoms with van der Waals surface area (Å²) in [5.74, 6) is -2.30. The summed E-state index contributed by atoms with van der Waals surface area (Å²) in [6.45, 7) is 5.96. The number of rotatable bonds is 36. The van der Waals surface area contributed by atoms with Gasteiger partial charge in [0.2, 0.25) is 0 Å². The number of aliphatic carboxylic acids is 3. The van der Waals surface area contributed by atoms with E-state index < -0.39 is 17.9 Å². The Morgan fingerprint density at radius 2 is 0.667 bits per heavy atom. The van der Waals surface area contributed by atoms with E-state index in [4.69, 9.17) is 15.3 Å². The summed E-state index contributed by atoms with van der Waals surface area (Å²) in [4.78, 5) is 33.1. The van der Waals surface area contributed by atoms with Gasteiger partial charge in [0.25, 0.3) is 0 Å². The quantitative estimate of drug-likeness (QED) is 0.0358. The van der Waals surface area contributed by atoms with Crippen LogP contribution in [0.25, 0.3) is 0 Å². The maximum absolute atomic E-state index is 11.0. The average Bonchev–Trinajstić information content (AvgIpc) is 3.00. The highest BCUT2D eigenvalue weighted by Gasteiger charge is 2.26. The van der Waals surface area contributed by atoms with Crippen molar-refractivity contribution >= 4 is 17.9 Å². The summed E-state index contributed by atoms with van der Waals surface area (Å²) in [5.41, 5.74) is 0. The van der Waals surface area contributed by atoms with Gasteiger partial charge in [-0.05, 0) is 77.0 Å². The van der Waals surface area contributed by atoms with Crippen LogP contribution >= 0.6 is 0 Å². The van der Waals surface area contributed by atoms with Gasteiger partial charge in [-0.25, -0.2) is 0 Å². The molecule has 264 valence electrons. The van der Waals surface area contributed by atoms with E-state index in [0.717, 1.165) is 56.3 Å². The van der Waals surface area contributed by atoms with Crippen LogP contribution in [-0.2, 0) is 14.4 Å². The van der Waals surface area contributed by atoms with Crippen molar-refractivity contribution in [1.29, 1.82) is 0 Å². The maximum atomic E-state index is 11.0. The summed E-state index contributed by atoms with van der Waals surface area (Å²) < 4.78 is 0.867. The van der Waals surface area contributed by atoms with E-state index in [0.29, 0.717) is 19.3 Å². The number of hydrogen-bond donors (Lipinski definition) is 3. The van der Waals surface area contributed by atoms with E-state index in [1.807, 2.05) is 0 Å². The molecule has 0 aromatic heterocycles. The van der Waals surface area contributed by atoms with E-state index >= 15 is 0 Å². The van der Waals surface area contributed by atoms with Crippen molar-refractivity contribution in [3.63, 3.8) is 0 Å². The standard InChI is InChI=1S/C38H71NO6/c1-2-3-4-5-6-7-8-9-10-11-12-13-14-15-16-17-18-19-20-21-25-32-39(33-26-22-29-36(40)41,34-27-23-30-37(42)43)35-28-24-31-38(44)45/h11-12H,2-10,13-35H2,1H3,(H2-,40,41,42,43,44,45)/p+1/b12-11+. The van der Waals surface area contributed by atoms with Crippen LogP contribution in [-0.4, -0.2) is 63.9 Å². The molecule has 7 heteroatoms. The molecule has 0 aliphatic rings. The molecule has 0 saturated heterocycles. The molecule has 0 spiro atoms. The Kier molecular flexibility index (Phi) is 30.7. The van der Waals surface area contributed by atoms with Crippen LogP contribution in [0.15, 0.2) is 12.2 Å². The number of carboxylic acid groups (broad SMARTS) is 3. The highest BCUT2D eigenvalue weighted by molar-refractivity contribution is 5.67. The zero-order chi connectivity index (χ0) is 33.3. The second-order valence-electron chi connectivity index (χ2n) is 13.5. The minimum atomic E-state index is -0.766. The molecular weight excluding hydrogens is 566 g/mol. The third-order valence-corrected chi connectivity index (χ3v) is 9.21. The van der Waals surface area contributed by atoms with Crippen molar-refractivity contribution in [3.05, 3.63) is 12.2 Å². The lowest BCUT2D eigenvalue weighted by molar-refractivity contribution is -0.929. The number of quaternary nitrogens is 1. The first-order chi connectivity index (χ1) is 21.8. The maximum Gasteiger partial charge on any atom is 0.303 e. The lowest BCUT2D eigenvalue weighted by atomic mass is 10.0. The molecule has 45 heavy (non-hydrogen) atoms. The molecule has 0 saturated carbocycles. The van der Waals surface area contributed by atoms with E-state index in [9.17, 15) is 14.4 Å². The van der Waals surface area contributed by atoms with Gasteiger partial charge in [-0.15, -0.1) is 0 Å². The number of carboxylic acids is 3. The van der Waals surface area contributed by atoms with Gasteiger partial charge in [-0.2, -0.15) is 0 Å². The number of nitrogens with zero attached hydrogens (tertiary/aromatic N) is 1. The van der Waals surface area contributed by atoms with Gasteiger partial charge in [0.15, 0.2) is 0 Å². The Hall–Kier alpha value is -1.89. The van der Waals surface area contributed by atoms with Crippen LogP contribution in [0, 0.1) is 0 Å². The molecule has 0 bridgehead atoms. The molecule has 7 nitrogen and oxygen atoms in total. The van der Waals surface area contributed by atoms with Crippen LogP contribution in [0.1, 0.15) is 187 Å². The fourth-order valence-electron chi connectivity index (χ4n) is 6.42. The second-order valence-corrected chi connectivity index (χ2v) is 13.5. The van der Waals surface area contributed by atoms with E-state index in [1.165, 1.54) is 116 Å². The fraction of sp³-hybridized carbons (Fsp3) is 0.868. The minimum Gasteiger partial charge on any atom is -0.481 e. The zero-order valence-electron chi connectivity index (χ0n) is 29.3. The Morgan fingerprint density at radius 1 is 0.400 bits per heavy atom. The minimum absolute atomic E-state index is 0.175. The average molecular weight is 639 g/mol. The third kappa shape index (κ3) is 31.9. The number of allylic oxidation sites excluding steroid dienone is 2. The van der Waals surface area contributed by atoms with Crippen molar-refractivity contribution < 1.29 is 34.2 Å². The molecule has 0 radical (unpaired) electrons. The van der Waals surface area contributed by atoms with Crippen LogP contribution in [0.5, 0.6) is 0 Å². The molecule has 0 aromatic carbocycles. The molecule has 0 aromatic rings. The van der Waals surface area contributed by atoms with Crippen molar-refractivity contribution in [2.45, 2.75) is 187 Å². The molecular formula is C38H72NO6+. The summed E-state index contributed by atoms with van der Waals surface area (Å²) in [7, 11) is 0. The van der Waals surface area contributed by atoms with Crippen LogP contribution in [0.4, 0.5) is 0 Å². The molecule has 3 N–H and O–H groups in total. The van der Waals surface area contributed by atoms with Crippen molar-refractivity contribution in [2.75, 3.05) is 26.2 Å². The van der Waals surface area contributed by atoms with Gasteiger partial charge in [-0.1, -0.05) is 103 Å². The smallest absolute Gasteiger partial charge is 0.303 e. The SMILES string of the molecule is CCCCCCCCCC/C=C/CCCCCCCCCCC[N+](CCCCC(=O)O)(CCCCC(=O)O)CCCCC(=O)O. The van der Waals surface area contributed by atoms with Crippen molar-refractivity contribution in [3.8, 4) is 0 Å². The van der Waals surface area contributed by atoms with Crippen LogP contribution in [0.3, 0.4) is 0 Å². The van der Waals surface area contributed by atoms with Gasteiger partial charge in [0.05, 0.1) is 26.2 Å². The Morgan fingerprint density at radius 3 is 0.978 bits per heavy atom. The highest BCUT2D eigenvalue weighted by atomic mass is 16.4. The third-order valence-electron chi connectivity index (χ3n) is 9.21. The van der Waals surface area contributed by atoms with E-state index in [1.54, 1.807) is 0 Å². The second kappa shape index (κ2) is 32.1. The largest absolute Gasteiger partial charge is 0.481 e. The van der Waals surface area contributed by atoms with E-state index in [-0.39, 0.29) is 19.3 Å². The van der Waals surface area contributed by atoms with Crippen LogP contribution < -0.4 is 0 Å². The van der Waals surface area contributed by atoms with Crippen molar-refractivity contribution in [2.24, 2.45) is 0 Å². The van der Waals surface area contributed by atoms with Crippen LogP contribution in [0.2, 0.25) is 0 Å². The topological polar surface area (TPSA) is 112 Å². The molecule has 0 aliphatic heterocycles. The lowest BCUT2D eigenvalue weighted by Crippen LogP contribution is -2.51. The first-order valence-electron chi connectivity index (χ1n) is 19.0. The Labute approximate surface area is 276 Å². The fourth-order valence-corrected chi connectivity index (χ4v) is 6.42. The Balaban J connectivity index is 4.21. The lowest BCUT2D eigenvalue weighted by Gasteiger charge is -2.39. The number of hydrogen-bond acceptors (Lipinski definition) is 3. The van der Waals surface area contributed by atoms with Gasteiger partial charge in [0.1, 0.15) is 0 Å². The predicted octanol–water partition coefficient (Wildman–Crippen LogP) is 10.6. The first-order valence-corrected chi connectivity index (χ1v) is 19.0. The molecule has 0 fully saturated rings. The molecule has 0 unspecified atom stereocenters. The normalized spacial score (nSPS) is 11.8.